The second kappa shape index (κ2) is 7.49. The Bertz CT molecular complexity index is 577. The van der Waals surface area contributed by atoms with Crippen LogP contribution in [0.4, 0.5) is 0 Å². The fraction of sp³-hybridized carbons (Fsp3) is 0.682. The van der Waals surface area contributed by atoms with Crippen molar-refractivity contribution in [2.45, 2.75) is 69.2 Å². The van der Waals surface area contributed by atoms with Crippen molar-refractivity contribution in [2.75, 3.05) is 19.7 Å². The summed E-state index contributed by atoms with van der Waals surface area (Å²) in [6, 6.07) is 11.0. The van der Waals surface area contributed by atoms with Gasteiger partial charge in [0, 0.05) is 12.0 Å². The number of nitrogens with zero attached hydrogens (tertiary/aromatic N) is 1. The second-order valence-electron chi connectivity index (χ2n) is 8.26. The minimum absolute atomic E-state index is 0.0316. The Morgan fingerprint density at radius 3 is 2.56 bits per heavy atom. The van der Waals surface area contributed by atoms with Crippen LogP contribution in [0.1, 0.15) is 63.4 Å². The minimum Gasteiger partial charge on any atom is -0.465 e. The molecule has 3 heteroatoms. The topological polar surface area (TPSA) is 29.5 Å². The van der Waals surface area contributed by atoms with Crippen LogP contribution < -0.4 is 0 Å². The number of ether oxygens (including phenoxy) is 1. The number of hydrogen-bond donors (Lipinski definition) is 0. The molecule has 1 saturated carbocycles. The van der Waals surface area contributed by atoms with Crippen LogP contribution in [0.25, 0.3) is 0 Å². The highest BCUT2D eigenvalue weighted by atomic mass is 16.5. The van der Waals surface area contributed by atoms with Crippen LogP contribution >= 0.6 is 0 Å². The molecule has 25 heavy (non-hydrogen) atoms. The van der Waals surface area contributed by atoms with E-state index in [0.29, 0.717) is 18.6 Å². The van der Waals surface area contributed by atoms with E-state index in [0.717, 1.165) is 31.2 Å². The van der Waals surface area contributed by atoms with Gasteiger partial charge in [0.2, 0.25) is 0 Å². The van der Waals surface area contributed by atoms with Crippen molar-refractivity contribution in [3.8, 4) is 0 Å². The molecule has 0 spiro atoms. The van der Waals surface area contributed by atoms with Crippen LogP contribution in [0.2, 0.25) is 0 Å². The lowest BCUT2D eigenvalue weighted by Gasteiger charge is -2.44. The molecule has 2 atom stereocenters. The molecule has 0 aromatic heterocycles. The lowest BCUT2D eigenvalue weighted by Crippen LogP contribution is -2.49. The van der Waals surface area contributed by atoms with Gasteiger partial charge in [0.1, 0.15) is 0 Å². The maximum Gasteiger partial charge on any atom is 0.316 e. The predicted octanol–water partition coefficient (Wildman–Crippen LogP) is 4.31. The van der Waals surface area contributed by atoms with Crippen LogP contribution in [0.15, 0.2) is 30.3 Å². The normalized spacial score (nSPS) is 29.1. The monoisotopic (exact) mass is 341 g/mol. The van der Waals surface area contributed by atoms with E-state index in [2.05, 4.69) is 17.0 Å². The van der Waals surface area contributed by atoms with Gasteiger partial charge in [-0.3, -0.25) is 9.69 Å². The lowest BCUT2D eigenvalue weighted by atomic mass is 9.79. The third-order valence-electron chi connectivity index (χ3n) is 6.83. The molecule has 2 saturated heterocycles. The number of carbonyl (C=O) groups is 1. The van der Waals surface area contributed by atoms with Crippen LogP contribution in [0, 0.1) is 5.92 Å². The molecule has 1 aromatic carbocycles. The molecule has 0 N–H and O–H groups in total. The van der Waals surface area contributed by atoms with Crippen LogP contribution in [-0.2, 0) is 14.9 Å². The molecule has 136 valence electrons. The number of rotatable bonds is 4. The average molecular weight is 341 g/mol. The molecule has 2 aliphatic heterocycles. The maximum atomic E-state index is 13.1. The number of hydrogen-bond acceptors (Lipinski definition) is 3. The standard InChI is InChI=1S/C22H31NO2/c24-21(22(13-5-6-14-22)19-10-2-1-3-11-19)25-17-18-9-8-16-23-15-7-4-12-20(18)23/h1-3,10-11,18,20H,4-9,12-17H2. The first-order valence-corrected chi connectivity index (χ1v) is 10.3. The number of carbonyl (C=O) groups excluding carboxylic acids is 1. The first-order valence-electron chi connectivity index (χ1n) is 10.3. The summed E-state index contributed by atoms with van der Waals surface area (Å²) in [6.07, 6.45) is 10.6. The highest BCUT2D eigenvalue weighted by Gasteiger charge is 2.44. The summed E-state index contributed by atoms with van der Waals surface area (Å²) in [5.41, 5.74) is 0.766. The van der Waals surface area contributed by atoms with Gasteiger partial charge >= 0.3 is 5.97 Å². The van der Waals surface area contributed by atoms with E-state index in [9.17, 15) is 4.79 Å². The summed E-state index contributed by atoms with van der Waals surface area (Å²) in [7, 11) is 0. The SMILES string of the molecule is O=C(OCC1CCCN2CCCCC12)C1(c2ccccc2)CCCC1. The molecule has 0 bridgehead atoms. The third-order valence-corrected chi connectivity index (χ3v) is 6.83. The van der Waals surface area contributed by atoms with E-state index in [1.165, 1.54) is 45.2 Å². The Labute approximate surface area is 151 Å². The molecule has 3 fully saturated rings. The molecule has 1 aromatic rings. The van der Waals surface area contributed by atoms with Gasteiger partial charge in [0.25, 0.3) is 0 Å². The van der Waals surface area contributed by atoms with Gasteiger partial charge in [-0.2, -0.15) is 0 Å². The number of benzene rings is 1. The van der Waals surface area contributed by atoms with Gasteiger partial charge in [-0.1, -0.05) is 49.6 Å². The fourth-order valence-electron chi connectivity index (χ4n) is 5.44. The van der Waals surface area contributed by atoms with Crippen molar-refractivity contribution < 1.29 is 9.53 Å². The highest BCUT2D eigenvalue weighted by molar-refractivity contribution is 5.83. The third kappa shape index (κ3) is 3.36. The number of piperidine rings is 2. The lowest BCUT2D eigenvalue weighted by molar-refractivity contribution is -0.153. The molecular weight excluding hydrogens is 310 g/mol. The smallest absolute Gasteiger partial charge is 0.316 e. The maximum absolute atomic E-state index is 13.1. The van der Waals surface area contributed by atoms with E-state index < -0.39 is 0 Å². The Hall–Kier alpha value is -1.35. The Balaban J connectivity index is 1.44. The zero-order valence-corrected chi connectivity index (χ0v) is 15.3. The predicted molar refractivity (Wildman–Crippen MR) is 99.5 cm³/mol. The molecule has 3 nitrogen and oxygen atoms in total. The van der Waals surface area contributed by atoms with Crippen molar-refractivity contribution >= 4 is 5.97 Å². The summed E-state index contributed by atoms with van der Waals surface area (Å²) < 4.78 is 6.01. The van der Waals surface area contributed by atoms with Crippen molar-refractivity contribution in [1.29, 1.82) is 0 Å². The van der Waals surface area contributed by atoms with Gasteiger partial charge in [-0.05, 0) is 57.2 Å². The number of fused-ring (bicyclic) bond motifs is 1. The van der Waals surface area contributed by atoms with Crippen molar-refractivity contribution in [2.24, 2.45) is 5.92 Å². The van der Waals surface area contributed by atoms with E-state index in [-0.39, 0.29) is 11.4 Å². The largest absolute Gasteiger partial charge is 0.465 e. The van der Waals surface area contributed by atoms with Gasteiger partial charge < -0.3 is 4.74 Å². The van der Waals surface area contributed by atoms with Crippen LogP contribution in [0.3, 0.4) is 0 Å². The molecule has 4 rings (SSSR count). The van der Waals surface area contributed by atoms with E-state index in [4.69, 9.17) is 4.74 Å². The minimum atomic E-state index is -0.387. The van der Waals surface area contributed by atoms with Gasteiger partial charge in [0.05, 0.1) is 12.0 Å². The first kappa shape index (κ1) is 17.1. The summed E-state index contributed by atoms with van der Waals surface area (Å²) in [5, 5.41) is 0. The summed E-state index contributed by atoms with van der Waals surface area (Å²) >= 11 is 0. The highest BCUT2D eigenvalue weighted by Crippen LogP contribution is 2.42. The molecule has 3 aliphatic rings. The zero-order valence-electron chi connectivity index (χ0n) is 15.3. The van der Waals surface area contributed by atoms with Crippen molar-refractivity contribution in [1.82, 2.24) is 4.90 Å². The number of esters is 1. The molecular formula is C22H31NO2. The van der Waals surface area contributed by atoms with E-state index >= 15 is 0 Å². The van der Waals surface area contributed by atoms with E-state index in [1.807, 2.05) is 18.2 Å². The van der Waals surface area contributed by atoms with Gasteiger partial charge in [0.15, 0.2) is 0 Å². The van der Waals surface area contributed by atoms with Crippen LogP contribution in [-0.4, -0.2) is 36.6 Å². The van der Waals surface area contributed by atoms with Crippen molar-refractivity contribution in [3.63, 3.8) is 0 Å². The van der Waals surface area contributed by atoms with Gasteiger partial charge in [-0.25, -0.2) is 0 Å². The summed E-state index contributed by atoms with van der Waals surface area (Å²) in [4.78, 5) is 15.8. The zero-order chi connectivity index (χ0) is 17.1. The molecule has 1 aliphatic carbocycles. The molecule has 0 amide bonds. The summed E-state index contributed by atoms with van der Waals surface area (Å²) in [6.45, 7) is 3.10. The Kier molecular flexibility index (Phi) is 5.12. The molecule has 0 radical (unpaired) electrons. The second-order valence-corrected chi connectivity index (χ2v) is 8.26. The average Bonchev–Trinajstić information content (AvgIpc) is 3.18. The molecule has 2 heterocycles. The Morgan fingerprint density at radius 1 is 1.00 bits per heavy atom. The Morgan fingerprint density at radius 2 is 1.76 bits per heavy atom. The van der Waals surface area contributed by atoms with Gasteiger partial charge in [-0.15, -0.1) is 0 Å². The molecule has 2 unspecified atom stereocenters. The summed E-state index contributed by atoms with van der Waals surface area (Å²) in [5.74, 6) is 0.566. The quantitative estimate of drug-likeness (QED) is 0.765. The van der Waals surface area contributed by atoms with Crippen molar-refractivity contribution in [3.05, 3.63) is 35.9 Å². The fourth-order valence-corrected chi connectivity index (χ4v) is 5.44. The van der Waals surface area contributed by atoms with E-state index in [1.54, 1.807) is 0 Å². The first-order chi connectivity index (χ1) is 12.3. The van der Waals surface area contributed by atoms with Crippen LogP contribution in [0.5, 0.6) is 0 Å².